The highest BCUT2D eigenvalue weighted by Gasteiger charge is 2.25. The van der Waals surface area contributed by atoms with Crippen LogP contribution in [0.3, 0.4) is 0 Å². The molecule has 1 aromatic rings. The SMILES string of the molecule is C[C@@H]1CN(c2cccc(S(C)(=O)=O)c2N)C[C@H](C)O1. The molecular formula is C13H20N2O3S. The summed E-state index contributed by atoms with van der Waals surface area (Å²) in [6, 6.07) is 5.13. The molecule has 1 aliphatic heterocycles. The van der Waals surface area contributed by atoms with Gasteiger partial charge in [-0.25, -0.2) is 8.42 Å². The minimum absolute atomic E-state index is 0.102. The van der Waals surface area contributed by atoms with Crippen molar-refractivity contribution < 1.29 is 13.2 Å². The Bertz CT molecular complexity index is 561. The Morgan fingerprint density at radius 2 is 1.84 bits per heavy atom. The highest BCUT2D eigenvalue weighted by atomic mass is 32.2. The van der Waals surface area contributed by atoms with Gasteiger partial charge in [0.25, 0.3) is 0 Å². The predicted octanol–water partition coefficient (Wildman–Crippen LogP) is 1.29. The van der Waals surface area contributed by atoms with Crippen molar-refractivity contribution in [1.29, 1.82) is 0 Å². The molecule has 0 bridgehead atoms. The summed E-state index contributed by atoms with van der Waals surface area (Å²) in [4.78, 5) is 2.28. The van der Waals surface area contributed by atoms with Crippen LogP contribution in [0.25, 0.3) is 0 Å². The Morgan fingerprint density at radius 3 is 2.37 bits per heavy atom. The molecule has 0 aliphatic carbocycles. The predicted molar refractivity (Wildman–Crippen MR) is 76.2 cm³/mol. The zero-order valence-electron chi connectivity index (χ0n) is 11.5. The van der Waals surface area contributed by atoms with Crippen LogP contribution in [0.15, 0.2) is 23.1 Å². The average Bonchev–Trinajstić information content (AvgIpc) is 2.26. The van der Waals surface area contributed by atoms with E-state index in [0.717, 1.165) is 5.69 Å². The van der Waals surface area contributed by atoms with E-state index in [1.165, 1.54) is 6.26 Å². The molecule has 0 aromatic heterocycles. The molecule has 1 fully saturated rings. The van der Waals surface area contributed by atoms with E-state index in [1.807, 2.05) is 19.9 Å². The summed E-state index contributed by atoms with van der Waals surface area (Å²) in [7, 11) is -3.30. The van der Waals surface area contributed by atoms with Crippen LogP contribution >= 0.6 is 0 Å². The first-order chi connectivity index (χ1) is 8.79. The Balaban J connectivity index is 2.41. The maximum atomic E-state index is 11.7. The lowest BCUT2D eigenvalue weighted by molar-refractivity contribution is -0.00517. The van der Waals surface area contributed by atoms with E-state index >= 15 is 0 Å². The van der Waals surface area contributed by atoms with Gasteiger partial charge >= 0.3 is 0 Å². The third kappa shape index (κ3) is 3.01. The minimum atomic E-state index is -3.30. The van der Waals surface area contributed by atoms with Crippen LogP contribution < -0.4 is 10.6 Å². The quantitative estimate of drug-likeness (QED) is 0.828. The second kappa shape index (κ2) is 5.02. The van der Waals surface area contributed by atoms with E-state index in [1.54, 1.807) is 12.1 Å². The Morgan fingerprint density at radius 1 is 1.26 bits per heavy atom. The molecule has 1 aliphatic rings. The van der Waals surface area contributed by atoms with Gasteiger partial charge in [-0.05, 0) is 26.0 Å². The highest BCUT2D eigenvalue weighted by Crippen LogP contribution is 2.31. The highest BCUT2D eigenvalue weighted by molar-refractivity contribution is 7.90. The fourth-order valence-electron chi connectivity index (χ4n) is 2.51. The molecule has 2 atom stereocenters. The number of sulfone groups is 1. The molecule has 6 heteroatoms. The number of hydrogen-bond acceptors (Lipinski definition) is 5. The molecule has 106 valence electrons. The summed E-state index contributed by atoms with van der Waals surface area (Å²) in [5.41, 5.74) is 7.12. The smallest absolute Gasteiger partial charge is 0.177 e. The Kier molecular flexibility index (Phi) is 3.73. The van der Waals surface area contributed by atoms with Gasteiger partial charge in [0, 0.05) is 19.3 Å². The first-order valence-electron chi connectivity index (χ1n) is 6.28. The average molecular weight is 284 g/mol. The number of hydrogen-bond donors (Lipinski definition) is 1. The van der Waals surface area contributed by atoms with Crippen molar-refractivity contribution in [2.45, 2.75) is 31.0 Å². The molecule has 2 N–H and O–H groups in total. The van der Waals surface area contributed by atoms with E-state index in [2.05, 4.69) is 4.90 Å². The summed E-state index contributed by atoms with van der Waals surface area (Å²) in [5.74, 6) is 0. The van der Waals surface area contributed by atoms with E-state index < -0.39 is 9.84 Å². The van der Waals surface area contributed by atoms with Gasteiger partial charge in [-0.1, -0.05) is 6.07 Å². The molecule has 5 nitrogen and oxygen atoms in total. The van der Waals surface area contributed by atoms with Gasteiger partial charge in [0.15, 0.2) is 9.84 Å². The van der Waals surface area contributed by atoms with Crippen molar-refractivity contribution >= 4 is 21.2 Å². The van der Waals surface area contributed by atoms with Gasteiger partial charge in [-0.15, -0.1) is 0 Å². The summed E-state index contributed by atoms with van der Waals surface area (Å²) in [6.07, 6.45) is 1.38. The number of benzene rings is 1. The maximum absolute atomic E-state index is 11.7. The molecule has 1 saturated heterocycles. The third-order valence-corrected chi connectivity index (χ3v) is 4.36. The van der Waals surface area contributed by atoms with Gasteiger partial charge in [0.1, 0.15) is 0 Å². The molecule has 0 unspecified atom stereocenters. The Labute approximate surface area is 114 Å². The van der Waals surface area contributed by atoms with Crippen LogP contribution in [0, 0.1) is 0 Å². The number of nitrogens with zero attached hydrogens (tertiary/aromatic N) is 1. The summed E-state index contributed by atoms with van der Waals surface area (Å²) in [5, 5.41) is 0. The first kappa shape index (κ1) is 14.1. The topological polar surface area (TPSA) is 72.6 Å². The van der Waals surface area contributed by atoms with Gasteiger partial charge in [-0.3, -0.25) is 0 Å². The van der Waals surface area contributed by atoms with E-state index in [9.17, 15) is 8.42 Å². The van der Waals surface area contributed by atoms with Crippen LogP contribution in [0.4, 0.5) is 11.4 Å². The summed E-state index contributed by atoms with van der Waals surface area (Å²) >= 11 is 0. The first-order valence-corrected chi connectivity index (χ1v) is 8.17. The second-order valence-corrected chi connectivity index (χ2v) is 7.11. The second-order valence-electron chi connectivity index (χ2n) is 5.12. The summed E-state index contributed by atoms with van der Waals surface area (Å²) in [6.45, 7) is 5.42. The number of para-hydroxylation sites is 1. The van der Waals surface area contributed by atoms with E-state index in [-0.39, 0.29) is 17.1 Å². The molecule has 2 rings (SSSR count). The number of ether oxygens (including phenoxy) is 1. The molecular weight excluding hydrogens is 264 g/mol. The molecule has 0 amide bonds. The molecule has 1 aromatic carbocycles. The van der Waals surface area contributed by atoms with Crippen molar-refractivity contribution in [2.75, 3.05) is 30.0 Å². The van der Waals surface area contributed by atoms with Crippen LogP contribution in [0.1, 0.15) is 13.8 Å². The van der Waals surface area contributed by atoms with E-state index in [4.69, 9.17) is 10.5 Å². The molecule has 0 spiro atoms. The summed E-state index contributed by atoms with van der Waals surface area (Å²) < 4.78 is 29.1. The molecule has 0 radical (unpaired) electrons. The number of anilines is 2. The fourth-order valence-corrected chi connectivity index (χ4v) is 3.34. The Hall–Kier alpha value is -1.27. The number of nitrogen functional groups attached to an aromatic ring is 1. The third-order valence-electron chi connectivity index (χ3n) is 3.20. The fraction of sp³-hybridized carbons (Fsp3) is 0.538. The number of rotatable bonds is 2. The van der Waals surface area contributed by atoms with Crippen molar-refractivity contribution in [1.82, 2.24) is 0 Å². The van der Waals surface area contributed by atoms with Crippen LogP contribution in [0.2, 0.25) is 0 Å². The normalized spacial score (nSPS) is 24.5. The van der Waals surface area contributed by atoms with Crippen molar-refractivity contribution in [3.8, 4) is 0 Å². The molecule has 1 heterocycles. The van der Waals surface area contributed by atoms with Gasteiger partial charge in [0.05, 0.1) is 28.5 Å². The lowest BCUT2D eigenvalue weighted by atomic mass is 10.2. The largest absolute Gasteiger partial charge is 0.396 e. The lowest BCUT2D eigenvalue weighted by Crippen LogP contribution is -2.45. The lowest BCUT2D eigenvalue weighted by Gasteiger charge is -2.37. The van der Waals surface area contributed by atoms with Gasteiger partial charge in [0.2, 0.25) is 0 Å². The molecule has 0 saturated carbocycles. The zero-order chi connectivity index (χ0) is 14.2. The van der Waals surface area contributed by atoms with Gasteiger partial charge in [-0.2, -0.15) is 0 Å². The van der Waals surface area contributed by atoms with Crippen molar-refractivity contribution in [2.24, 2.45) is 0 Å². The van der Waals surface area contributed by atoms with Gasteiger partial charge < -0.3 is 15.4 Å². The van der Waals surface area contributed by atoms with Crippen molar-refractivity contribution in [3.05, 3.63) is 18.2 Å². The van der Waals surface area contributed by atoms with Crippen molar-refractivity contribution in [3.63, 3.8) is 0 Å². The number of nitrogens with two attached hydrogens (primary N) is 1. The minimum Gasteiger partial charge on any atom is -0.396 e. The van der Waals surface area contributed by atoms with Crippen LogP contribution in [-0.4, -0.2) is 40.0 Å². The van der Waals surface area contributed by atoms with Crippen LogP contribution in [0.5, 0.6) is 0 Å². The molecule has 19 heavy (non-hydrogen) atoms. The number of morpholine rings is 1. The monoisotopic (exact) mass is 284 g/mol. The standard InChI is InChI=1S/C13H20N2O3S/c1-9-7-15(8-10(2)18-9)11-5-4-6-12(13(11)14)19(3,16)17/h4-6,9-10H,7-8,14H2,1-3H3/t9-,10+. The van der Waals surface area contributed by atoms with Crippen LogP contribution in [-0.2, 0) is 14.6 Å². The zero-order valence-corrected chi connectivity index (χ0v) is 12.3. The van der Waals surface area contributed by atoms with E-state index in [0.29, 0.717) is 18.8 Å². The maximum Gasteiger partial charge on any atom is 0.177 e.